The summed E-state index contributed by atoms with van der Waals surface area (Å²) in [6.07, 6.45) is 0. The number of nitrogens with two attached hydrogens (primary N) is 1. The molecular weight excluding hydrogens is 281 g/mol. The number of anilines is 1. The highest BCUT2D eigenvalue weighted by Crippen LogP contribution is 2.21. The van der Waals surface area contributed by atoms with Crippen LogP contribution in [0.2, 0.25) is 0 Å². The van der Waals surface area contributed by atoms with E-state index in [1.807, 2.05) is 0 Å². The fraction of sp³-hybridized carbons (Fsp3) is 0.385. The summed E-state index contributed by atoms with van der Waals surface area (Å²) in [5.41, 5.74) is 5.34. The topological polar surface area (TPSA) is 103 Å². The van der Waals surface area contributed by atoms with Crippen molar-refractivity contribution in [3.05, 3.63) is 24.0 Å². The molecule has 0 aromatic heterocycles. The molecule has 0 aliphatic rings. The lowest BCUT2D eigenvalue weighted by molar-refractivity contribution is -0.123. The number of ether oxygens (including phenoxy) is 2. The maximum absolute atomic E-state index is 13.7. The molecule has 0 heterocycles. The molecule has 0 unspecified atom stereocenters. The highest BCUT2D eigenvalue weighted by molar-refractivity contribution is 5.94. The van der Waals surface area contributed by atoms with Crippen molar-refractivity contribution >= 4 is 17.5 Å². The van der Waals surface area contributed by atoms with Gasteiger partial charge in [0, 0.05) is 18.9 Å². The molecule has 0 radical (unpaired) electrons. The van der Waals surface area contributed by atoms with Gasteiger partial charge in [-0.3, -0.25) is 9.59 Å². The van der Waals surface area contributed by atoms with Gasteiger partial charge in [0.1, 0.15) is 6.61 Å². The van der Waals surface area contributed by atoms with Gasteiger partial charge in [-0.15, -0.1) is 0 Å². The maximum Gasteiger partial charge on any atom is 0.243 e. The monoisotopic (exact) mass is 299 g/mol. The Morgan fingerprint density at radius 2 is 2.05 bits per heavy atom. The summed E-state index contributed by atoms with van der Waals surface area (Å²) in [6, 6.07) is 4.03. The number of benzene rings is 1. The maximum atomic E-state index is 13.7. The van der Waals surface area contributed by atoms with Gasteiger partial charge in [0.05, 0.1) is 19.7 Å². The average molecular weight is 299 g/mol. The Labute approximate surface area is 121 Å². The fourth-order valence-electron chi connectivity index (χ4n) is 1.39. The molecule has 116 valence electrons. The molecule has 0 aliphatic carbocycles. The van der Waals surface area contributed by atoms with Crippen molar-refractivity contribution in [2.75, 3.05) is 38.7 Å². The fourth-order valence-corrected chi connectivity index (χ4v) is 1.39. The third-order valence-electron chi connectivity index (χ3n) is 2.39. The van der Waals surface area contributed by atoms with Crippen molar-refractivity contribution in [1.82, 2.24) is 5.32 Å². The van der Waals surface area contributed by atoms with Gasteiger partial charge in [0.25, 0.3) is 0 Å². The molecule has 2 amide bonds. The van der Waals surface area contributed by atoms with Crippen molar-refractivity contribution in [1.29, 1.82) is 0 Å². The summed E-state index contributed by atoms with van der Waals surface area (Å²) in [6.45, 7) is 0.141. The van der Waals surface area contributed by atoms with Crippen molar-refractivity contribution in [2.45, 2.75) is 0 Å². The van der Waals surface area contributed by atoms with Crippen molar-refractivity contribution < 1.29 is 23.5 Å². The summed E-state index contributed by atoms with van der Waals surface area (Å²) in [7, 11) is 1.52. The number of hydrogen-bond donors (Lipinski definition) is 3. The molecule has 0 saturated heterocycles. The van der Waals surface area contributed by atoms with Crippen LogP contribution in [-0.2, 0) is 14.3 Å². The van der Waals surface area contributed by atoms with Crippen LogP contribution in [0.1, 0.15) is 0 Å². The molecule has 0 saturated carbocycles. The zero-order chi connectivity index (χ0) is 15.7. The van der Waals surface area contributed by atoms with Gasteiger partial charge in [-0.05, 0) is 12.1 Å². The van der Waals surface area contributed by atoms with Crippen LogP contribution in [0.4, 0.5) is 10.1 Å². The molecule has 1 aromatic carbocycles. The second kappa shape index (κ2) is 8.88. The van der Waals surface area contributed by atoms with Crippen LogP contribution in [0.3, 0.4) is 0 Å². The average Bonchev–Trinajstić information content (AvgIpc) is 2.47. The van der Waals surface area contributed by atoms with E-state index >= 15 is 0 Å². The first kappa shape index (κ1) is 16.9. The molecule has 1 aromatic rings. The van der Waals surface area contributed by atoms with Crippen molar-refractivity contribution in [3.8, 4) is 5.75 Å². The van der Waals surface area contributed by atoms with Gasteiger partial charge in [0.15, 0.2) is 11.6 Å². The van der Waals surface area contributed by atoms with Crippen LogP contribution in [0, 0.1) is 5.82 Å². The van der Waals surface area contributed by atoms with Crippen LogP contribution in [0.15, 0.2) is 18.2 Å². The zero-order valence-corrected chi connectivity index (χ0v) is 11.6. The largest absolute Gasteiger partial charge is 0.488 e. The Bertz CT molecular complexity index is 496. The Kier molecular flexibility index (Phi) is 7.13. The molecule has 0 spiro atoms. The first-order valence-electron chi connectivity index (χ1n) is 6.24. The Morgan fingerprint density at radius 1 is 1.29 bits per heavy atom. The van der Waals surface area contributed by atoms with Crippen LogP contribution >= 0.6 is 0 Å². The highest BCUT2D eigenvalue weighted by atomic mass is 19.1. The number of halogens is 1. The molecule has 1 rings (SSSR count). The zero-order valence-electron chi connectivity index (χ0n) is 11.6. The van der Waals surface area contributed by atoms with Gasteiger partial charge in [-0.25, -0.2) is 4.39 Å². The molecule has 4 N–H and O–H groups in total. The van der Waals surface area contributed by atoms with E-state index in [-0.39, 0.29) is 31.1 Å². The SMILES string of the molecule is COCCOc1ccc(NC(=O)CNC(=O)CN)cc1F. The van der Waals surface area contributed by atoms with Crippen molar-refractivity contribution in [2.24, 2.45) is 5.73 Å². The number of carbonyl (C=O) groups is 2. The third kappa shape index (κ3) is 6.19. The summed E-state index contributed by atoms with van der Waals surface area (Å²) in [5.74, 6) is -1.46. The van der Waals surface area contributed by atoms with Crippen LogP contribution in [0.25, 0.3) is 0 Å². The minimum atomic E-state index is -0.602. The van der Waals surface area contributed by atoms with E-state index in [9.17, 15) is 14.0 Å². The first-order valence-corrected chi connectivity index (χ1v) is 6.24. The van der Waals surface area contributed by atoms with Gasteiger partial charge in [-0.2, -0.15) is 0 Å². The number of carbonyl (C=O) groups excluding carboxylic acids is 2. The number of hydrogen-bond acceptors (Lipinski definition) is 5. The standard InChI is InChI=1S/C13H18FN3O4/c1-20-4-5-21-11-3-2-9(6-10(11)14)17-13(19)8-16-12(18)7-15/h2-3,6H,4-5,7-8,15H2,1H3,(H,16,18)(H,17,19). The second-order valence-electron chi connectivity index (χ2n) is 4.02. The van der Waals surface area contributed by atoms with E-state index in [2.05, 4.69) is 10.6 Å². The molecule has 8 heteroatoms. The minimum Gasteiger partial charge on any atom is -0.488 e. The Morgan fingerprint density at radius 3 is 2.67 bits per heavy atom. The minimum absolute atomic E-state index is 0.0708. The van der Waals surface area contributed by atoms with E-state index in [0.717, 1.165) is 6.07 Å². The van der Waals surface area contributed by atoms with Crippen LogP contribution in [0.5, 0.6) is 5.75 Å². The third-order valence-corrected chi connectivity index (χ3v) is 2.39. The predicted octanol–water partition coefficient (Wildman–Crippen LogP) is -0.136. The highest BCUT2D eigenvalue weighted by Gasteiger charge is 2.08. The smallest absolute Gasteiger partial charge is 0.243 e. The molecule has 0 fully saturated rings. The molecule has 0 atom stereocenters. The lowest BCUT2D eigenvalue weighted by Gasteiger charge is -2.09. The van der Waals surface area contributed by atoms with E-state index in [1.54, 1.807) is 0 Å². The van der Waals surface area contributed by atoms with E-state index < -0.39 is 17.6 Å². The van der Waals surface area contributed by atoms with Crippen LogP contribution in [-0.4, -0.2) is 45.2 Å². The first-order chi connectivity index (χ1) is 10.1. The normalized spacial score (nSPS) is 10.0. The Hall–Kier alpha value is -2.19. The Balaban J connectivity index is 2.51. The molecule has 0 aliphatic heterocycles. The van der Waals surface area contributed by atoms with E-state index in [0.29, 0.717) is 6.61 Å². The van der Waals surface area contributed by atoms with Gasteiger partial charge in [-0.1, -0.05) is 0 Å². The number of methoxy groups -OCH3 is 1. The number of nitrogens with one attached hydrogen (secondary N) is 2. The molecule has 7 nitrogen and oxygen atoms in total. The van der Waals surface area contributed by atoms with Crippen LogP contribution < -0.4 is 21.1 Å². The van der Waals surface area contributed by atoms with E-state index in [1.165, 1.54) is 19.2 Å². The van der Waals surface area contributed by atoms with Gasteiger partial charge >= 0.3 is 0 Å². The lowest BCUT2D eigenvalue weighted by Crippen LogP contribution is -2.36. The summed E-state index contributed by atoms with van der Waals surface area (Å²) >= 11 is 0. The second-order valence-corrected chi connectivity index (χ2v) is 4.02. The lowest BCUT2D eigenvalue weighted by atomic mass is 10.3. The quantitative estimate of drug-likeness (QED) is 0.580. The van der Waals surface area contributed by atoms with Gasteiger partial charge in [0.2, 0.25) is 11.8 Å². The number of rotatable bonds is 8. The van der Waals surface area contributed by atoms with E-state index in [4.69, 9.17) is 15.2 Å². The van der Waals surface area contributed by atoms with Crippen molar-refractivity contribution in [3.63, 3.8) is 0 Å². The predicted molar refractivity (Wildman–Crippen MR) is 74.5 cm³/mol. The summed E-state index contributed by atoms with van der Waals surface area (Å²) < 4.78 is 23.6. The van der Waals surface area contributed by atoms with Gasteiger partial charge < -0.3 is 25.8 Å². The summed E-state index contributed by atoms with van der Waals surface area (Å²) in [4.78, 5) is 22.4. The molecule has 0 bridgehead atoms. The summed E-state index contributed by atoms with van der Waals surface area (Å²) in [5, 5.41) is 4.75. The molecule has 21 heavy (non-hydrogen) atoms. The number of amides is 2. The molecular formula is C13H18FN3O4.